The van der Waals surface area contributed by atoms with Gasteiger partial charge in [0.25, 0.3) is 11.6 Å². The fourth-order valence-corrected chi connectivity index (χ4v) is 2.32. The fraction of sp³-hybridized carbons (Fsp3) is 0. The lowest BCUT2D eigenvalue weighted by atomic mass is 10.1. The van der Waals surface area contributed by atoms with Crippen molar-refractivity contribution in [2.24, 2.45) is 0 Å². The summed E-state index contributed by atoms with van der Waals surface area (Å²) in [5.74, 6) is -0.646. The molecule has 0 aliphatic rings. The van der Waals surface area contributed by atoms with E-state index in [4.69, 9.17) is 23.2 Å². The van der Waals surface area contributed by atoms with Crippen LogP contribution in [0, 0.1) is 10.1 Å². The SMILES string of the molecule is O=C(Nc1cc(Cl)ccc1Br)c1cc(Cl)ccc1[N+](=O)[O-]. The molecule has 2 aromatic carbocycles. The van der Waals surface area contributed by atoms with E-state index < -0.39 is 10.8 Å². The Balaban J connectivity index is 2.39. The molecule has 0 aliphatic carbocycles. The van der Waals surface area contributed by atoms with E-state index in [1.54, 1.807) is 12.1 Å². The predicted molar refractivity (Wildman–Crippen MR) is 85.2 cm³/mol. The van der Waals surface area contributed by atoms with Crippen LogP contribution < -0.4 is 5.32 Å². The third-order valence-corrected chi connectivity index (χ3v) is 3.74. The first-order chi connectivity index (χ1) is 9.88. The number of nitro groups is 1. The molecule has 1 amide bonds. The molecule has 0 saturated carbocycles. The zero-order chi connectivity index (χ0) is 15.6. The maximum absolute atomic E-state index is 12.2. The van der Waals surface area contributed by atoms with Gasteiger partial charge in [-0.2, -0.15) is 0 Å². The maximum Gasteiger partial charge on any atom is 0.282 e. The van der Waals surface area contributed by atoms with E-state index in [0.717, 1.165) is 0 Å². The van der Waals surface area contributed by atoms with Gasteiger partial charge in [0.15, 0.2) is 0 Å². The van der Waals surface area contributed by atoms with Gasteiger partial charge in [0.1, 0.15) is 5.56 Å². The summed E-state index contributed by atoms with van der Waals surface area (Å²) in [5.41, 5.74) is -0.0452. The average Bonchev–Trinajstić information content (AvgIpc) is 2.42. The van der Waals surface area contributed by atoms with Crippen LogP contribution in [0.2, 0.25) is 10.0 Å². The lowest BCUT2D eigenvalue weighted by Gasteiger charge is -2.08. The Labute approximate surface area is 138 Å². The van der Waals surface area contributed by atoms with Crippen LogP contribution in [0.25, 0.3) is 0 Å². The summed E-state index contributed by atoms with van der Waals surface area (Å²) in [6, 6.07) is 8.61. The molecule has 0 fully saturated rings. The third-order valence-electron chi connectivity index (χ3n) is 2.58. The first-order valence-corrected chi connectivity index (χ1v) is 7.13. The van der Waals surface area contributed by atoms with Crippen molar-refractivity contribution in [3.05, 3.63) is 66.6 Å². The number of hydrogen-bond acceptors (Lipinski definition) is 3. The van der Waals surface area contributed by atoms with Crippen molar-refractivity contribution < 1.29 is 9.72 Å². The molecule has 0 heterocycles. The molecule has 0 saturated heterocycles. The largest absolute Gasteiger partial charge is 0.321 e. The topological polar surface area (TPSA) is 72.2 Å². The molecule has 0 spiro atoms. The first-order valence-electron chi connectivity index (χ1n) is 5.59. The maximum atomic E-state index is 12.2. The number of amides is 1. The van der Waals surface area contributed by atoms with E-state index in [2.05, 4.69) is 21.2 Å². The first kappa shape index (κ1) is 15.8. The minimum atomic E-state index is -0.646. The zero-order valence-electron chi connectivity index (χ0n) is 10.3. The standard InChI is InChI=1S/C13H7BrCl2N2O3/c14-10-3-1-8(16)6-11(10)17-13(19)9-5-7(15)2-4-12(9)18(20)21/h1-6H,(H,17,19). The predicted octanol–water partition coefficient (Wildman–Crippen LogP) is 4.92. The zero-order valence-corrected chi connectivity index (χ0v) is 13.4. The van der Waals surface area contributed by atoms with Crippen molar-refractivity contribution in [2.45, 2.75) is 0 Å². The van der Waals surface area contributed by atoms with Gasteiger partial charge in [-0.1, -0.05) is 23.2 Å². The van der Waals surface area contributed by atoms with E-state index in [9.17, 15) is 14.9 Å². The Kier molecular flexibility index (Phi) is 4.82. The number of halogens is 3. The van der Waals surface area contributed by atoms with Gasteiger partial charge in [-0.25, -0.2) is 0 Å². The summed E-state index contributed by atoms with van der Waals surface area (Å²) >= 11 is 14.9. The average molecular weight is 390 g/mol. The van der Waals surface area contributed by atoms with Gasteiger partial charge < -0.3 is 5.32 Å². The summed E-state index contributed by atoms with van der Waals surface area (Å²) in [6.07, 6.45) is 0. The van der Waals surface area contributed by atoms with E-state index >= 15 is 0 Å². The normalized spacial score (nSPS) is 10.2. The number of nitrogens with zero attached hydrogens (tertiary/aromatic N) is 1. The van der Waals surface area contributed by atoms with Crippen LogP contribution in [0.4, 0.5) is 11.4 Å². The molecule has 2 rings (SSSR count). The molecule has 5 nitrogen and oxygen atoms in total. The van der Waals surface area contributed by atoms with Gasteiger partial charge >= 0.3 is 0 Å². The van der Waals surface area contributed by atoms with Gasteiger partial charge in [0.05, 0.1) is 10.6 Å². The van der Waals surface area contributed by atoms with Gasteiger partial charge in [0.2, 0.25) is 0 Å². The highest BCUT2D eigenvalue weighted by Crippen LogP contribution is 2.28. The van der Waals surface area contributed by atoms with Crippen molar-refractivity contribution in [1.82, 2.24) is 0 Å². The molecule has 0 atom stereocenters. The Hall–Kier alpha value is -1.63. The van der Waals surface area contributed by atoms with Crippen LogP contribution in [0.5, 0.6) is 0 Å². The molecule has 1 N–H and O–H groups in total. The van der Waals surface area contributed by atoms with Crippen LogP contribution >= 0.6 is 39.1 Å². The molecule has 8 heteroatoms. The highest BCUT2D eigenvalue weighted by Gasteiger charge is 2.21. The monoisotopic (exact) mass is 388 g/mol. The molecule has 2 aromatic rings. The van der Waals surface area contributed by atoms with E-state index in [1.807, 2.05) is 0 Å². The number of anilines is 1. The minimum absolute atomic E-state index is 0.126. The fourth-order valence-electron chi connectivity index (χ4n) is 1.63. The molecular formula is C13H7BrCl2N2O3. The van der Waals surface area contributed by atoms with Crippen molar-refractivity contribution in [1.29, 1.82) is 0 Å². The second kappa shape index (κ2) is 6.43. The Bertz CT molecular complexity index is 737. The Morgan fingerprint density at radius 2 is 1.76 bits per heavy atom. The number of nitrogens with one attached hydrogen (secondary N) is 1. The lowest BCUT2D eigenvalue weighted by Crippen LogP contribution is -2.14. The summed E-state index contributed by atoms with van der Waals surface area (Å²) < 4.78 is 0.602. The number of nitro benzene ring substituents is 1. The number of hydrogen-bond donors (Lipinski definition) is 1. The Morgan fingerprint density at radius 1 is 1.14 bits per heavy atom. The molecule has 21 heavy (non-hydrogen) atoms. The van der Waals surface area contributed by atoms with Crippen LogP contribution in [0.15, 0.2) is 40.9 Å². The molecule has 0 unspecified atom stereocenters. The second-order valence-electron chi connectivity index (χ2n) is 4.00. The number of benzene rings is 2. The van der Waals surface area contributed by atoms with Crippen molar-refractivity contribution in [3.63, 3.8) is 0 Å². The minimum Gasteiger partial charge on any atom is -0.321 e. The van der Waals surface area contributed by atoms with Crippen molar-refractivity contribution in [2.75, 3.05) is 5.32 Å². The summed E-state index contributed by atoms with van der Waals surface area (Å²) in [5, 5.41) is 14.2. The number of carbonyl (C=O) groups excluding carboxylic acids is 1. The molecule has 108 valence electrons. The molecule has 0 aromatic heterocycles. The molecule has 0 radical (unpaired) electrons. The second-order valence-corrected chi connectivity index (χ2v) is 5.72. The van der Waals surface area contributed by atoms with Crippen molar-refractivity contribution >= 4 is 56.4 Å². The molecule has 0 aliphatic heterocycles. The van der Waals surface area contributed by atoms with Gasteiger partial charge in [-0.3, -0.25) is 14.9 Å². The smallest absolute Gasteiger partial charge is 0.282 e. The number of rotatable bonds is 3. The lowest BCUT2D eigenvalue weighted by molar-refractivity contribution is -0.385. The summed E-state index contributed by atoms with van der Waals surface area (Å²) in [6.45, 7) is 0. The van der Waals surface area contributed by atoms with Crippen LogP contribution in [0.3, 0.4) is 0 Å². The van der Waals surface area contributed by atoms with Crippen LogP contribution in [0.1, 0.15) is 10.4 Å². The van der Waals surface area contributed by atoms with Gasteiger partial charge in [-0.15, -0.1) is 0 Å². The summed E-state index contributed by atoms with van der Waals surface area (Å²) in [4.78, 5) is 22.5. The quantitative estimate of drug-likeness (QED) is 0.598. The van der Waals surface area contributed by atoms with E-state index in [1.165, 1.54) is 24.3 Å². The highest BCUT2D eigenvalue weighted by molar-refractivity contribution is 9.10. The van der Waals surface area contributed by atoms with Gasteiger partial charge in [0, 0.05) is 20.6 Å². The molecule has 0 bridgehead atoms. The van der Waals surface area contributed by atoms with E-state index in [-0.39, 0.29) is 16.3 Å². The van der Waals surface area contributed by atoms with Gasteiger partial charge in [-0.05, 0) is 46.3 Å². The van der Waals surface area contributed by atoms with Crippen LogP contribution in [-0.4, -0.2) is 10.8 Å². The highest BCUT2D eigenvalue weighted by atomic mass is 79.9. The van der Waals surface area contributed by atoms with Crippen LogP contribution in [-0.2, 0) is 0 Å². The van der Waals surface area contributed by atoms with E-state index in [0.29, 0.717) is 15.2 Å². The summed E-state index contributed by atoms with van der Waals surface area (Å²) in [7, 11) is 0. The molecular weight excluding hydrogens is 383 g/mol. The number of carbonyl (C=O) groups is 1. The third kappa shape index (κ3) is 3.72. The Morgan fingerprint density at radius 3 is 2.43 bits per heavy atom. The van der Waals surface area contributed by atoms with Crippen molar-refractivity contribution in [3.8, 4) is 0 Å².